The number of fused-ring (bicyclic) bond motifs is 1. The molecule has 3 N–H and O–H groups in total. The van der Waals surface area contributed by atoms with E-state index in [1.807, 2.05) is 24.3 Å². The van der Waals surface area contributed by atoms with Crippen LogP contribution in [0.1, 0.15) is 5.56 Å². The zero-order chi connectivity index (χ0) is 11.5. The molecule has 84 valence electrons. The Balaban J connectivity index is 2.46. The molecule has 0 amide bonds. The number of rotatable bonds is 3. The minimum atomic E-state index is 0.284. The molecule has 2 rings (SSSR count). The van der Waals surface area contributed by atoms with Crippen molar-refractivity contribution < 1.29 is 9.94 Å². The molecule has 0 aliphatic rings. The summed E-state index contributed by atoms with van der Waals surface area (Å²) in [6, 6.07) is 9.64. The van der Waals surface area contributed by atoms with Crippen LogP contribution >= 0.6 is 15.9 Å². The maximum absolute atomic E-state index is 9.80. The molecule has 0 unspecified atom stereocenters. The fourth-order valence-electron chi connectivity index (χ4n) is 1.67. The van der Waals surface area contributed by atoms with E-state index >= 15 is 0 Å². The van der Waals surface area contributed by atoms with Gasteiger partial charge in [0.15, 0.2) is 0 Å². The van der Waals surface area contributed by atoms with Crippen LogP contribution in [0.3, 0.4) is 0 Å². The van der Waals surface area contributed by atoms with Crippen LogP contribution in [0.2, 0.25) is 0 Å². The number of hydrogen-bond acceptors (Lipinski definition) is 3. The van der Waals surface area contributed by atoms with Gasteiger partial charge in [0.25, 0.3) is 0 Å². The van der Waals surface area contributed by atoms with Crippen molar-refractivity contribution in [1.82, 2.24) is 0 Å². The van der Waals surface area contributed by atoms with Gasteiger partial charge in [-0.3, -0.25) is 0 Å². The van der Waals surface area contributed by atoms with Crippen molar-refractivity contribution in [2.24, 2.45) is 5.90 Å². The Morgan fingerprint density at radius 3 is 2.75 bits per heavy atom. The molecule has 16 heavy (non-hydrogen) atoms. The second kappa shape index (κ2) is 4.82. The van der Waals surface area contributed by atoms with Crippen molar-refractivity contribution in [2.75, 3.05) is 6.61 Å². The molecule has 0 aromatic heterocycles. The molecule has 0 spiro atoms. The Kier molecular flexibility index (Phi) is 3.43. The first kappa shape index (κ1) is 11.4. The zero-order valence-electron chi connectivity index (χ0n) is 8.61. The summed E-state index contributed by atoms with van der Waals surface area (Å²) in [5, 5.41) is 11.9. The van der Waals surface area contributed by atoms with E-state index in [4.69, 9.17) is 5.90 Å². The van der Waals surface area contributed by atoms with Gasteiger partial charge in [0, 0.05) is 10.9 Å². The summed E-state index contributed by atoms with van der Waals surface area (Å²) >= 11 is 3.42. The number of benzene rings is 2. The van der Waals surface area contributed by atoms with E-state index in [2.05, 4.69) is 20.8 Å². The predicted molar refractivity (Wildman–Crippen MR) is 67.2 cm³/mol. The van der Waals surface area contributed by atoms with Crippen LogP contribution in [-0.4, -0.2) is 11.7 Å². The maximum Gasteiger partial charge on any atom is 0.119 e. The molecule has 0 atom stereocenters. The molecule has 0 heterocycles. The van der Waals surface area contributed by atoms with Gasteiger partial charge < -0.3 is 9.94 Å². The average molecular weight is 282 g/mol. The minimum absolute atomic E-state index is 0.284. The lowest BCUT2D eigenvalue weighted by molar-refractivity contribution is 0.141. The van der Waals surface area contributed by atoms with Gasteiger partial charge in [-0.15, -0.1) is 0 Å². The van der Waals surface area contributed by atoms with E-state index in [0.29, 0.717) is 13.0 Å². The van der Waals surface area contributed by atoms with E-state index in [0.717, 1.165) is 20.8 Å². The Labute approximate surface area is 102 Å². The first-order chi connectivity index (χ1) is 7.70. The molecule has 3 nitrogen and oxygen atoms in total. The van der Waals surface area contributed by atoms with E-state index < -0.39 is 0 Å². The molecule has 0 saturated heterocycles. The van der Waals surface area contributed by atoms with Gasteiger partial charge in [-0.05, 0) is 40.6 Å². The third kappa shape index (κ3) is 2.35. The molecule has 0 aliphatic carbocycles. The van der Waals surface area contributed by atoms with Crippen LogP contribution in [0.4, 0.5) is 0 Å². The van der Waals surface area contributed by atoms with Crippen molar-refractivity contribution in [2.45, 2.75) is 6.42 Å². The summed E-state index contributed by atoms with van der Waals surface area (Å²) in [7, 11) is 0. The van der Waals surface area contributed by atoms with Crippen LogP contribution in [0.15, 0.2) is 34.8 Å². The van der Waals surface area contributed by atoms with Gasteiger partial charge in [-0.2, -0.15) is 0 Å². The number of phenolic OH excluding ortho intramolecular Hbond substituents is 1. The summed E-state index contributed by atoms with van der Waals surface area (Å²) in [5.41, 5.74) is 0.844. The molecule has 0 radical (unpaired) electrons. The highest BCUT2D eigenvalue weighted by Gasteiger charge is 2.04. The molecular weight excluding hydrogens is 270 g/mol. The van der Waals surface area contributed by atoms with Gasteiger partial charge >= 0.3 is 0 Å². The van der Waals surface area contributed by atoms with Crippen LogP contribution < -0.4 is 5.90 Å². The summed E-state index contributed by atoms with van der Waals surface area (Å²) < 4.78 is 1.02. The SMILES string of the molecule is NOCCc1cc2cc(Br)ccc2cc1O. The quantitative estimate of drug-likeness (QED) is 0.851. The lowest BCUT2D eigenvalue weighted by Gasteiger charge is -2.06. The van der Waals surface area contributed by atoms with Crippen LogP contribution in [0, 0.1) is 0 Å². The van der Waals surface area contributed by atoms with Gasteiger partial charge in [0.1, 0.15) is 5.75 Å². The number of hydrogen-bond donors (Lipinski definition) is 2. The fraction of sp³-hybridized carbons (Fsp3) is 0.167. The Morgan fingerprint density at radius 2 is 2.00 bits per heavy atom. The first-order valence-corrected chi connectivity index (χ1v) is 5.73. The van der Waals surface area contributed by atoms with Crippen LogP contribution in [0.5, 0.6) is 5.75 Å². The van der Waals surface area contributed by atoms with Crippen molar-refractivity contribution in [1.29, 1.82) is 0 Å². The second-order valence-corrected chi connectivity index (χ2v) is 4.51. The van der Waals surface area contributed by atoms with E-state index in [1.54, 1.807) is 6.07 Å². The Bertz CT molecular complexity index is 514. The molecule has 0 bridgehead atoms. The largest absolute Gasteiger partial charge is 0.508 e. The summed E-state index contributed by atoms with van der Waals surface area (Å²) in [6.45, 7) is 0.396. The molecule has 0 fully saturated rings. The smallest absolute Gasteiger partial charge is 0.119 e. The van der Waals surface area contributed by atoms with Gasteiger partial charge in [-0.1, -0.05) is 22.0 Å². The monoisotopic (exact) mass is 281 g/mol. The first-order valence-electron chi connectivity index (χ1n) is 4.93. The molecule has 4 heteroatoms. The van der Waals surface area contributed by atoms with Gasteiger partial charge in [-0.25, -0.2) is 5.90 Å². The van der Waals surface area contributed by atoms with Gasteiger partial charge in [0.05, 0.1) is 6.61 Å². The van der Waals surface area contributed by atoms with Crippen molar-refractivity contribution in [3.8, 4) is 5.75 Å². The van der Waals surface area contributed by atoms with E-state index in [1.165, 1.54) is 0 Å². The Morgan fingerprint density at radius 1 is 1.19 bits per heavy atom. The zero-order valence-corrected chi connectivity index (χ0v) is 10.2. The number of aromatic hydroxyl groups is 1. The second-order valence-electron chi connectivity index (χ2n) is 3.59. The van der Waals surface area contributed by atoms with Crippen LogP contribution in [0.25, 0.3) is 10.8 Å². The molecule has 2 aromatic carbocycles. The topological polar surface area (TPSA) is 55.5 Å². The summed E-state index contributed by atoms with van der Waals surface area (Å²) in [5.74, 6) is 5.26. The molecule has 2 aromatic rings. The predicted octanol–water partition coefficient (Wildman–Crippen LogP) is 2.74. The minimum Gasteiger partial charge on any atom is -0.508 e. The highest BCUT2D eigenvalue weighted by atomic mass is 79.9. The van der Waals surface area contributed by atoms with Gasteiger partial charge in [0.2, 0.25) is 0 Å². The third-order valence-electron chi connectivity index (χ3n) is 2.49. The molecule has 0 aliphatic heterocycles. The number of nitrogens with two attached hydrogens (primary N) is 1. The highest BCUT2D eigenvalue weighted by molar-refractivity contribution is 9.10. The molecular formula is C12H12BrNO2. The maximum atomic E-state index is 9.80. The molecule has 0 saturated carbocycles. The number of phenols is 1. The highest BCUT2D eigenvalue weighted by Crippen LogP contribution is 2.27. The standard InChI is InChI=1S/C12H12BrNO2/c13-11-2-1-8-7-12(15)9(3-4-16-14)5-10(8)6-11/h1-2,5-7,15H,3-4,14H2. The lowest BCUT2D eigenvalue weighted by atomic mass is 10.0. The average Bonchev–Trinajstić information content (AvgIpc) is 2.27. The third-order valence-corrected chi connectivity index (χ3v) is 2.98. The Hall–Kier alpha value is -1.10. The number of halogens is 1. The van der Waals surface area contributed by atoms with Crippen molar-refractivity contribution in [3.63, 3.8) is 0 Å². The van der Waals surface area contributed by atoms with E-state index in [9.17, 15) is 5.11 Å². The summed E-state index contributed by atoms with van der Waals surface area (Å²) in [4.78, 5) is 4.52. The lowest BCUT2D eigenvalue weighted by Crippen LogP contribution is -2.03. The summed E-state index contributed by atoms with van der Waals surface area (Å²) in [6.07, 6.45) is 0.602. The van der Waals surface area contributed by atoms with Crippen LogP contribution in [-0.2, 0) is 11.3 Å². The normalized spacial score (nSPS) is 10.9. The van der Waals surface area contributed by atoms with Crippen molar-refractivity contribution in [3.05, 3.63) is 40.4 Å². The van der Waals surface area contributed by atoms with E-state index in [-0.39, 0.29) is 5.75 Å². The van der Waals surface area contributed by atoms with Crippen molar-refractivity contribution >= 4 is 26.7 Å². The fourth-order valence-corrected chi connectivity index (χ4v) is 2.05.